The largest absolute Gasteiger partial charge is 0.748 e. The summed E-state index contributed by atoms with van der Waals surface area (Å²) in [4.78, 5) is 55.1. The van der Waals surface area contributed by atoms with Gasteiger partial charge in [0.2, 0.25) is 11.5 Å². The Morgan fingerprint density at radius 2 is 1.14 bits per heavy atom. The summed E-state index contributed by atoms with van der Waals surface area (Å²) in [7, 11) is -25.4. The molecule has 2 unspecified atom stereocenters. The van der Waals surface area contributed by atoms with E-state index in [9.17, 15) is 89.1 Å². The number of imide groups is 1. The predicted molar refractivity (Wildman–Crippen MR) is 308 cm³/mol. The van der Waals surface area contributed by atoms with Gasteiger partial charge in [-0.25, -0.2) is 46.9 Å². The molecule has 29 nitrogen and oxygen atoms in total. The molecule has 34 heteroatoms. The molecule has 1 N–H and O–H groups in total. The number of ketones is 1. The molecular formula is C56H61N3O26S5-4. The van der Waals surface area contributed by atoms with E-state index in [0.717, 1.165) is 12.1 Å². The number of hydrogen-bond donors (Lipinski definition) is 1. The number of allylic oxidation sites excluding steroid dienone is 5. The van der Waals surface area contributed by atoms with Gasteiger partial charge in [-0.05, 0) is 104 Å². The minimum atomic E-state index is -5.55. The van der Waals surface area contributed by atoms with Crippen LogP contribution in [0.1, 0.15) is 76.8 Å². The number of amides is 2. The molecular weight excluding hydrogens is 1290 g/mol. The fraction of sp³-hybridized carbons (Fsp3) is 0.446. The molecule has 2 amide bonds. The topological polar surface area (TPSA) is 439 Å². The number of hydrogen-bond acceptors (Lipinski definition) is 27. The van der Waals surface area contributed by atoms with Gasteiger partial charge in [-0.3, -0.25) is 14.4 Å². The van der Waals surface area contributed by atoms with Gasteiger partial charge in [0.05, 0.1) is 106 Å². The summed E-state index contributed by atoms with van der Waals surface area (Å²) in [6.07, 6.45) is 0.567. The number of aliphatic hydroxyl groups excluding tert-OH is 1. The van der Waals surface area contributed by atoms with Crippen molar-refractivity contribution in [2.75, 3.05) is 90.3 Å². The quantitative estimate of drug-likeness (QED) is 0.0249. The molecule has 3 heterocycles. The van der Waals surface area contributed by atoms with Crippen LogP contribution in [0.4, 0.5) is 11.4 Å². The van der Waals surface area contributed by atoms with Crippen molar-refractivity contribution in [2.24, 2.45) is 0 Å². The average Bonchev–Trinajstić information content (AvgIpc) is 1.52. The minimum Gasteiger partial charge on any atom is -0.748 e. The molecule has 4 aliphatic rings. The summed E-state index contributed by atoms with van der Waals surface area (Å²) in [6, 6.07) is 7.66. The Balaban J connectivity index is 1.26. The fourth-order valence-electron chi connectivity index (χ4n) is 11.7. The van der Waals surface area contributed by atoms with Crippen molar-refractivity contribution in [3.63, 3.8) is 0 Å². The molecule has 0 saturated carbocycles. The number of carbonyl (C=O) groups is 4. The van der Waals surface area contributed by atoms with Crippen LogP contribution in [0.25, 0.3) is 21.5 Å². The van der Waals surface area contributed by atoms with Gasteiger partial charge in [0, 0.05) is 85.2 Å². The number of aliphatic hydroxyl groups is 1. The van der Waals surface area contributed by atoms with E-state index in [4.69, 9.17) is 28.5 Å². The summed E-state index contributed by atoms with van der Waals surface area (Å²) < 4.78 is 218. The number of Topliss-reactive ketones (excluding diaryl/α,β-unsaturated/α-hetero) is 1. The second kappa shape index (κ2) is 27.0. The van der Waals surface area contributed by atoms with Crippen molar-refractivity contribution in [3.05, 3.63) is 94.4 Å². The molecule has 90 heavy (non-hydrogen) atoms. The first-order chi connectivity index (χ1) is 42.1. The lowest BCUT2D eigenvalue weighted by Crippen LogP contribution is -2.35. The Labute approximate surface area is 518 Å². The average molecular weight is 1350 g/mol. The highest BCUT2D eigenvalue weighted by molar-refractivity contribution is 7.87. The molecule has 0 bridgehead atoms. The van der Waals surface area contributed by atoms with Crippen molar-refractivity contribution in [1.82, 2.24) is 5.06 Å². The first-order valence-corrected chi connectivity index (χ1v) is 35.0. The molecule has 4 aromatic rings. The van der Waals surface area contributed by atoms with Crippen LogP contribution in [0.15, 0.2) is 103 Å². The van der Waals surface area contributed by atoms with E-state index in [1.54, 1.807) is 18.7 Å². The molecule has 1 saturated heterocycles. The number of rotatable bonds is 31. The van der Waals surface area contributed by atoms with Crippen LogP contribution in [-0.4, -0.2) is 194 Å². The Morgan fingerprint density at radius 1 is 0.633 bits per heavy atom. The highest BCUT2D eigenvalue weighted by Gasteiger charge is 2.52. The lowest BCUT2D eigenvalue weighted by atomic mass is 9.72. The smallest absolute Gasteiger partial charge is 0.333 e. The van der Waals surface area contributed by atoms with E-state index < -0.39 is 140 Å². The number of ether oxygens (including phenoxy) is 5. The van der Waals surface area contributed by atoms with Gasteiger partial charge >= 0.3 is 5.97 Å². The molecule has 1 aliphatic carbocycles. The van der Waals surface area contributed by atoms with Crippen LogP contribution < -0.4 is 4.90 Å². The fourth-order valence-corrected chi connectivity index (χ4v) is 14.8. The van der Waals surface area contributed by atoms with E-state index in [1.165, 1.54) is 55.0 Å². The zero-order chi connectivity index (χ0) is 66.1. The number of benzene rings is 4. The van der Waals surface area contributed by atoms with Crippen molar-refractivity contribution in [3.8, 4) is 0 Å². The van der Waals surface area contributed by atoms with Crippen LogP contribution in [-0.2, 0) is 109 Å². The molecule has 8 rings (SSSR count). The number of anilines is 1. The van der Waals surface area contributed by atoms with E-state index in [2.05, 4.69) is 0 Å². The number of nitrogens with zero attached hydrogens (tertiary/aromatic N) is 3. The number of hydroxylamine groups is 2. The molecule has 0 aromatic heterocycles. The predicted octanol–water partition coefficient (Wildman–Crippen LogP) is 2.78. The van der Waals surface area contributed by atoms with Crippen molar-refractivity contribution in [2.45, 2.75) is 96.1 Å². The maximum Gasteiger partial charge on any atom is 0.333 e. The summed E-state index contributed by atoms with van der Waals surface area (Å²) >= 11 is 0. The number of carbonyl (C=O) groups excluding carboxylic acids is 4. The summed E-state index contributed by atoms with van der Waals surface area (Å²) in [5.74, 6) is -5.06. The van der Waals surface area contributed by atoms with Gasteiger partial charge in [0.15, 0.2) is 5.71 Å². The highest BCUT2D eigenvalue weighted by Crippen LogP contribution is 2.55. The normalized spacial score (nSPS) is 20.0. The maximum absolute atomic E-state index is 14.9. The number of likely N-dealkylation sites (N-methyl/N-ethyl adjacent to an activating group) is 1. The third kappa shape index (κ3) is 14.7. The first-order valence-electron chi connectivity index (χ1n) is 27.8. The van der Waals surface area contributed by atoms with E-state index in [1.807, 2.05) is 0 Å². The van der Waals surface area contributed by atoms with E-state index >= 15 is 0 Å². The van der Waals surface area contributed by atoms with Crippen LogP contribution in [0.3, 0.4) is 0 Å². The Kier molecular flexibility index (Phi) is 20.8. The molecule has 490 valence electrons. The van der Waals surface area contributed by atoms with Crippen molar-refractivity contribution in [1.29, 1.82) is 0 Å². The number of fused-ring (bicyclic) bond motifs is 6. The van der Waals surface area contributed by atoms with Gasteiger partial charge in [-0.2, -0.15) is 4.58 Å². The first kappa shape index (κ1) is 69.4. The van der Waals surface area contributed by atoms with Gasteiger partial charge < -0.3 is 61.3 Å². The molecule has 3 aliphatic heterocycles. The van der Waals surface area contributed by atoms with E-state index in [-0.39, 0.29) is 140 Å². The Hall–Kier alpha value is -6.48. The van der Waals surface area contributed by atoms with Gasteiger partial charge in [0.1, 0.15) is 52.8 Å². The highest BCUT2D eigenvalue weighted by atomic mass is 32.2. The van der Waals surface area contributed by atoms with Crippen LogP contribution >= 0.6 is 0 Å². The van der Waals surface area contributed by atoms with Crippen LogP contribution in [0, 0.1) is 0 Å². The number of methoxy groups -OCH3 is 1. The van der Waals surface area contributed by atoms with Crippen molar-refractivity contribution < 1.29 is 122 Å². The van der Waals surface area contributed by atoms with Gasteiger partial charge in [-0.15, -0.1) is 5.06 Å². The lowest BCUT2D eigenvalue weighted by Gasteiger charge is -2.32. The minimum absolute atomic E-state index is 0.00576. The second-order valence-corrected chi connectivity index (χ2v) is 28.6. The summed E-state index contributed by atoms with van der Waals surface area (Å²) in [6.45, 7) is 6.06. The SMILES string of the molecule is CCN1/C(=C/C2=C(O)C(=C/C3=[N+](CCCC(=O)ON4C(=O)CCC4=O)c4ccc5c(S(=O)(=O)[O-])cc(S(=O)(=O)[O-])cc5c4C3(C)CCOCCOCCOCCOCCOC)/C2=O)C(C)(CCCS(=O)(=O)[O-])c2c1ccc1c(S(=O)(=O)[O-])cc(S(=O)(=O)[O-])cc21. The molecule has 2 atom stereocenters. The molecule has 0 radical (unpaired) electrons. The summed E-state index contributed by atoms with van der Waals surface area (Å²) in [5.41, 5.74) is -3.44. The maximum atomic E-state index is 14.9. The Morgan fingerprint density at radius 3 is 1.63 bits per heavy atom. The molecule has 1 fully saturated rings. The van der Waals surface area contributed by atoms with Gasteiger partial charge in [0.25, 0.3) is 11.8 Å². The van der Waals surface area contributed by atoms with E-state index in [0.29, 0.717) is 37.0 Å². The Bertz CT molecular complexity index is 4320. The van der Waals surface area contributed by atoms with Gasteiger partial charge in [-0.1, -0.05) is 6.07 Å². The van der Waals surface area contributed by atoms with Crippen molar-refractivity contribution >= 4 is 113 Å². The third-order valence-electron chi connectivity index (χ3n) is 15.8. The second-order valence-electron chi connectivity index (χ2n) is 21.6. The standard InChI is InChI=1S/C56H65N3O26S5/c1-5-57-42-11-9-36-38(28-34(87(68,69)70)30-44(36)89(74,75)76)51(42)55(2,15-7-27-86(65,66)67)46(57)32-40-53(63)41(54(40)64)33-47-56(3,16-18-81-21-22-83-25-26-84-24-23-82-20-19-80-4)52-39-29-35(88(71,72)73)31-45(90(77,78)79)37(39)10-12-43(52)58(47)17-6-8-50(62)85-59-48(60)13-14-49(59)61/h9-12,28-33H,5-8,13-27H2,1-4H3,(H5-,63,64,65,66,67,68,69,70,71,72,73,74,75,76,77,78,79)/p-4. The van der Waals surface area contributed by atoms with Crippen LogP contribution in [0.2, 0.25) is 0 Å². The monoisotopic (exact) mass is 1350 g/mol. The zero-order valence-electron chi connectivity index (χ0n) is 48.7. The summed E-state index contributed by atoms with van der Waals surface area (Å²) in [5, 5.41) is 11.4. The zero-order valence-corrected chi connectivity index (χ0v) is 52.8. The molecule has 4 aromatic carbocycles. The van der Waals surface area contributed by atoms with Crippen LogP contribution in [0.5, 0.6) is 0 Å². The molecule has 0 spiro atoms. The lowest BCUT2D eigenvalue weighted by molar-refractivity contribution is -0.438. The third-order valence-corrected chi connectivity index (χ3v) is 20.0.